The number of hydrogen-bond acceptors (Lipinski definition) is 7. The van der Waals surface area contributed by atoms with Gasteiger partial charge in [0, 0.05) is 22.7 Å². The minimum atomic E-state index is -1.98. The van der Waals surface area contributed by atoms with Gasteiger partial charge >= 0.3 is 29.6 Å². The molecule has 0 aromatic heterocycles. The molecule has 33 heavy (non-hydrogen) atoms. The van der Waals surface area contributed by atoms with Crippen LogP contribution in [-0.4, -0.2) is 56.8 Å². The maximum Gasteiger partial charge on any atom is 1.00 e. The van der Waals surface area contributed by atoms with E-state index in [9.17, 15) is 24.9 Å². The molecule has 0 bridgehead atoms. The topological polar surface area (TPSA) is 135 Å². The summed E-state index contributed by atoms with van der Waals surface area (Å²) in [6, 6.07) is 0. The van der Waals surface area contributed by atoms with Crippen LogP contribution in [0.5, 0.6) is 0 Å². The van der Waals surface area contributed by atoms with Gasteiger partial charge in [-0.05, 0) is 63.5 Å². The van der Waals surface area contributed by atoms with E-state index in [4.69, 9.17) is 9.90 Å². The summed E-state index contributed by atoms with van der Waals surface area (Å²) in [7, 11) is 0. The summed E-state index contributed by atoms with van der Waals surface area (Å²) in [6.45, 7) is 5.45. The zero-order valence-electron chi connectivity index (χ0n) is 19.9. The van der Waals surface area contributed by atoms with Crippen molar-refractivity contribution in [2.45, 2.75) is 70.8 Å². The second-order valence-corrected chi connectivity index (χ2v) is 10.2. The molecular weight excluding hydrogens is 442 g/mol. The number of carbonyl (C=O) groups is 3. The number of halogens is 1. The second-order valence-electron chi connectivity index (χ2n) is 10.2. The minimum absolute atomic E-state index is 0. The molecule has 3 N–H and O–H groups in total. The number of carboxylic acids is 1. The van der Waals surface area contributed by atoms with Gasteiger partial charge in [-0.15, -0.1) is 0 Å². The molecule has 3 fully saturated rings. The van der Waals surface area contributed by atoms with E-state index in [-0.39, 0.29) is 47.7 Å². The molecule has 0 radical (unpaired) electrons. The average molecular weight is 475 g/mol. The first kappa shape index (κ1) is 28.3. The number of aliphatic hydroxyl groups is 3. The Morgan fingerprint density at radius 2 is 1.85 bits per heavy atom. The number of aliphatic hydroxyl groups excluding tert-OH is 2. The Balaban J connectivity index is 0.000000714. The number of alkyl halides is 1. The largest absolute Gasteiger partial charge is 1.00 e. The molecule has 0 aliphatic heterocycles. The first-order valence-corrected chi connectivity index (χ1v) is 11.1. The van der Waals surface area contributed by atoms with Crippen LogP contribution in [0.3, 0.4) is 0 Å². The molecule has 8 atom stereocenters. The summed E-state index contributed by atoms with van der Waals surface area (Å²) in [5, 5.41) is 40.9. The predicted molar refractivity (Wildman–Crippen MR) is 111 cm³/mol. The summed E-state index contributed by atoms with van der Waals surface area (Å²) in [5.41, 5.74) is -5.17. The van der Waals surface area contributed by atoms with Crippen molar-refractivity contribution in [3.8, 4) is 0 Å². The van der Waals surface area contributed by atoms with E-state index in [0.717, 1.165) is 6.92 Å². The fraction of sp³-hybridized carbons (Fsp3) is 0.708. The molecule has 7 nitrogen and oxygen atoms in total. The Bertz CT molecular complexity index is 899. The van der Waals surface area contributed by atoms with E-state index >= 15 is 4.39 Å². The number of hydrogen-bond donors (Lipinski definition) is 3. The van der Waals surface area contributed by atoms with Crippen LogP contribution < -0.4 is 34.7 Å². The molecule has 4 rings (SSSR count). The fourth-order valence-corrected chi connectivity index (χ4v) is 7.26. The number of allylic oxidation sites excluding steroid dienone is 4. The van der Waals surface area contributed by atoms with Gasteiger partial charge in [-0.1, -0.05) is 25.5 Å². The predicted octanol–water partition coefficient (Wildman–Crippen LogP) is -2.34. The van der Waals surface area contributed by atoms with Gasteiger partial charge in [-0.2, -0.15) is 0 Å². The molecule has 9 heteroatoms. The zero-order chi connectivity index (χ0) is 24.3. The third-order valence-corrected chi connectivity index (χ3v) is 8.79. The van der Waals surface area contributed by atoms with Gasteiger partial charge in [-0.25, -0.2) is 4.39 Å². The second kappa shape index (κ2) is 9.28. The van der Waals surface area contributed by atoms with E-state index in [1.165, 1.54) is 12.2 Å². The van der Waals surface area contributed by atoms with Crippen LogP contribution in [0.4, 0.5) is 4.39 Å². The standard InChI is InChI=1S/C22H29FO5.C2H4O2.Na/c1-12-8-16-15-5-4-13-9-14(25)6-7-19(13,2)21(15,23)17(26)10-20(16,3)22(12,28)18(27)11-24;1-2(3)4;/h6-7,9,12,15-17,24,26,28H,4-5,8,10-11H2,1-3H3;1H3,(H,3,4);/q;;+1/p-1/t12-,15+,16+,17+,19+,20+,21+,22+;;/m1../s1. The van der Waals surface area contributed by atoms with Gasteiger partial charge in [0.2, 0.25) is 0 Å². The number of Topliss-reactive ketones (excluding diaryl/α,β-unsaturated/α-hetero) is 1. The molecule has 3 saturated carbocycles. The van der Waals surface area contributed by atoms with Gasteiger partial charge in [0.05, 0.1) is 6.10 Å². The Kier molecular flexibility index (Phi) is 7.97. The van der Waals surface area contributed by atoms with Gasteiger partial charge in [0.25, 0.3) is 0 Å². The number of aliphatic carboxylic acids is 1. The van der Waals surface area contributed by atoms with Gasteiger partial charge in [0.1, 0.15) is 12.2 Å². The van der Waals surface area contributed by atoms with E-state index in [1.807, 2.05) is 0 Å². The van der Waals surface area contributed by atoms with Crippen molar-refractivity contribution in [3.05, 3.63) is 23.8 Å². The molecule has 4 aliphatic carbocycles. The minimum Gasteiger partial charge on any atom is -0.550 e. The molecule has 0 heterocycles. The Morgan fingerprint density at radius 1 is 1.27 bits per heavy atom. The average Bonchev–Trinajstić information content (AvgIpc) is 2.90. The Hall–Kier alpha value is -0.900. The first-order valence-electron chi connectivity index (χ1n) is 11.1. The van der Waals surface area contributed by atoms with Crippen LogP contribution in [0.25, 0.3) is 0 Å². The third-order valence-electron chi connectivity index (χ3n) is 8.79. The molecule has 4 aliphatic rings. The molecule has 0 saturated heterocycles. The Morgan fingerprint density at radius 3 is 2.39 bits per heavy atom. The van der Waals surface area contributed by atoms with Crippen molar-refractivity contribution in [1.29, 1.82) is 0 Å². The van der Waals surface area contributed by atoms with Crippen LogP contribution in [0.1, 0.15) is 53.4 Å². The summed E-state index contributed by atoms with van der Waals surface area (Å²) >= 11 is 0. The number of rotatable bonds is 2. The summed E-state index contributed by atoms with van der Waals surface area (Å²) in [6.07, 6.45) is 4.44. The van der Waals surface area contributed by atoms with Crippen molar-refractivity contribution >= 4 is 17.5 Å². The number of ketones is 2. The van der Waals surface area contributed by atoms with Crippen LogP contribution >= 0.6 is 0 Å². The maximum atomic E-state index is 16.9. The van der Waals surface area contributed by atoms with Gasteiger partial charge in [-0.3, -0.25) is 9.59 Å². The van der Waals surface area contributed by atoms with Crippen LogP contribution in [-0.2, 0) is 14.4 Å². The molecule has 0 amide bonds. The molecular formula is C24H32FNaO7. The first-order chi connectivity index (χ1) is 14.7. The molecule has 0 aromatic rings. The van der Waals surface area contributed by atoms with E-state index < -0.39 is 58.4 Å². The number of carbonyl (C=O) groups excluding carboxylic acids is 3. The normalized spacial score (nSPS) is 45.3. The molecule has 0 aromatic carbocycles. The van der Waals surface area contributed by atoms with Crippen LogP contribution in [0.15, 0.2) is 23.8 Å². The monoisotopic (exact) mass is 474 g/mol. The number of fused-ring (bicyclic) bond motifs is 5. The van der Waals surface area contributed by atoms with Gasteiger partial charge in [0.15, 0.2) is 17.2 Å². The van der Waals surface area contributed by atoms with Crippen molar-refractivity contribution in [2.75, 3.05) is 6.61 Å². The van der Waals surface area contributed by atoms with Crippen molar-refractivity contribution in [2.24, 2.45) is 28.6 Å². The van der Waals surface area contributed by atoms with E-state index in [2.05, 4.69) is 0 Å². The van der Waals surface area contributed by atoms with E-state index in [1.54, 1.807) is 26.8 Å². The Labute approximate surface area is 215 Å². The maximum absolute atomic E-state index is 16.9. The molecule has 0 unspecified atom stereocenters. The van der Waals surface area contributed by atoms with Gasteiger partial charge < -0.3 is 25.2 Å². The van der Waals surface area contributed by atoms with Crippen LogP contribution in [0.2, 0.25) is 0 Å². The zero-order valence-corrected chi connectivity index (χ0v) is 21.9. The SMILES string of the molecule is CC(=O)[O-].C[C@@H]1C[C@H]2[C@@H]3CCC4=CC(=O)C=C[C@]4(C)[C@@]3(F)[C@@H](O)C[C@]2(C)[C@@]1(O)C(=O)CO.[Na+]. The third kappa shape index (κ3) is 3.81. The van der Waals surface area contributed by atoms with Crippen LogP contribution in [0, 0.1) is 28.6 Å². The molecule has 0 spiro atoms. The smallest absolute Gasteiger partial charge is 0.550 e. The number of carboxylic acid groups (broad SMARTS) is 1. The fourth-order valence-electron chi connectivity index (χ4n) is 7.26. The molecule has 178 valence electrons. The van der Waals surface area contributed by atoms with E-state index in [0.29, 0.717) is 24.8 Å². The summed E-state index contributed by atoms with van der Waals surface area (Å²) in [5.74, 6) is -3.20. The van der Waals surface area contributed by atoms with Crippen molar-refractivity contribution < 1.29 is 68.8 Å². The van der Waals surface area contributed by atoms with Crippen molar-refractivity contribution in [3.63, 3.8) is 0 Å². The summed E-state index contributed by atoms with van der Waals surface area (Å²) < 4.78 is 16.9. The quantitative estimate of drug-likeness (QED) is 0.382. The van der Waals surface area contributed by atoms with Crippen molar-refractivity contribution in [1.82, 2.24) is 0 Å². The summed E-state index contributed by atoms with van der Waals surface area (Å²) in [4.78, 5) is 33.3.